The number of benzene rings is 2. The Balaban J connectivity index is 1.54. The number of hydrogen-bond acceptors (Lipinski definition) is 9. The van der Waals surface area contributed by atoms with Crippen molar-refractivity contribution in [2.45, 2.75) is 30.4 Å². The number of likely N-dealkylation sites (tertiary alicyclic amines) is 1. The van der Waals surface area contributed by atoms with Gasteiger partial charge in [-0.25, -0.2) is 17.7 Å². The zero-order chi connectivity index (χ0) is 32.7. The minimum Gasteiger partial charge on any atom is -0.494 e. The number of methoxy groups -OCH3 is 1. The van der Waals surface area contributed by atoms with Crippen molar-refractivity contribution in [3.8, 4) is 5.75 Å². The lowest BCUT2D eigenvalue weighted by Gasteiger charge is -2.30. The molecule has 0 radical (unpaired) electrons. The second-order valence-corrected chi connectivity index (χ2v) is 14.4. The van der Waals surface area contributed by atoms with Crippen LogP contribution in [0.15, 0.2) is 53.6 Å². The Morgan fingerprint density at radius 3 is 2.44 bits per heavy atom. The number of amides is 2. The van der Waals surface area contributed by atoms with Gasteiger partial charge in [-0.2, -0.15) is 0 Å². The fourth-order valence-electron chi connectivity index (χ4n) is 4.73. The molecule has 0 spiro atoms. The van der Waals surface area contributed by atoms with E-state index >= 15 is 0 Å². The van der Waals surface area contributed by atoms with Crippen molar-refractivity contribution in [3.05, 3.63) is 75.4 Å². The molecule has 0 unspecified atom stereocenters. The van der Waals surface area contributed by atoms with Gasteiger partial charge in [0.2, 0.25) is 10.0 Å². The van der Waals surface area contributed by atoms with Crippen molar-refractivity contribution >= 4 is 78.2 Å². The molecule has 2 heterocycles. The monoisotopic (exact) mass is 715 g/mol. The number of pyridine rings is 1. The quantitative estimate of drug-likeness (QED) is 0.226. The summed E-state index contributed by atoms with van der Waals surface area (Å²) in [5.74, 6) is -0.958. The van der Waals surface area contributed by atoms with Gasteiger partial charge in [0.05, 0.1) is 40.8 Å². The molecule has 16 heteroatoms. The smallest absolute Gasteiger partial charge is 0.259 e. The Bertz CT molecular complexity index is 1640. The summed E-state index contributed by atoms with van der Waals surface area (Å²) in [6.45, 7) is 1.61. The van der Waals surface area contributed by atoms with E-state index in [1.54, 1.807) is 24.3 Å². The number of rotatable bonds is 12. The fourth-order valence-corrected chi connectivity index (χ4v) is 7.20. The maximum absolute atomic E-state index is 13.7. The second kappa shape index (κ2) is 15.8. The number of anilines is 2. The van der Waals surface area contributed by atoms with Gasteiger partial charge >= 0.3 is 0 Å². The fraction of sp³-hybridized carbons (Fsp3) is 0.345. The Morgan fingerprint density at radius 2 is 1.80 bits per heavy atom. The summed E-state index contributed by atoms with van der Waals surface area (Å²) in [6.07, 6.45) is 2.27. The molecule has 4 rings (SSSR count). The van der Waals surface area contributed by atoms with Crippen LogP contribution in [0.4, 0.5) is 11.5 Å². The van der Waals surface area contributed by atoms with Gasteiger partial charge in [0.15, 0.2) is 0 Å². The van der Waals surface area contributed by atoms with Gasteiger partial charge in [0, 0.05) is 55.4 Å². The molecule has 0 atom stereocenters. The van der Waals surface area contributed by atoms with E-state index in [0.29, 0.717) is 48.0 Å². The number of nitrogens with zero attached hydrogens (tertiary/aromatic N) is 3. The first-order chi connectivity index (χ1) is 21.4. The van der Waals surface area contributed by atoms with E-state index in [9.17, 15) is 23.1 Å². The number of piperidine rings is 1. The van der Waals surface area contributed by atoms with Gasteiger partial charge in [0.1, 0.15) is 11.6 Å². The number of aliphatic hydroxyl groups is 1. The predicted molar refractivity (Wildman–Crippen MR) is 178 cm³/mol. The lowest BCUT2D eigenvalue weighted by atomic mass is 10.1. The average Bonchev–Trinajstić information content (AvgIpc) is 3.02. The first kappa shape index (κ1) is 35.2. The van der Waals surface area contributed by atoms with Crippen LogP contribution in [0.25, 0.3) is 0 Å². The number of sulfonamides is 1. The van der Waals surface area contributed by atoms with E-state index in [1.807, 2.05) is 4.90 Å². The summed E-state index contributed by atoms with van der Waals surface area (Å²) in [4.78, 5) is 33.4. The number of hydrogen-bond donors (Lipinski definition) is 3. The molecule has 1 aliphatic rings. The molecule has 2 amide bonds. The topological polar surface area (TPSA) is 141 Å². The molecular weight excluding hydrogens is 685 g/mol. The third kappa shape index (κ3) is 9.23. The van der Waals surface area contributed by atoms with Crippen molar-refractivity contribution in [2.75, 3.05) is 50.2 Å². The zero-order valence-electron chi connectivity index (χ0n) is 24.4. The Hall–Kier alpha value is -2.62. The third-order valence-corrected chi connectivity index (χ3v) is 10.6. The van der Waals surface area contributed by atoms with Crippen LogP contribution >= 0.6 is 44.9 Å². The minimum absolute atomic E-state index is 0.00900. The Kier molecular flexibility index (Phi) is 12.4. The Morgan fingerprint density at radius 1 is 1.09 bits per heavy atom. The summed E-state index contributed by atoms with van der Waals surface area (Å²) < 4.78 is 32.9. The standard InChI is InChI=1S/C29H32Cl3N5O6S2/c1-36(45(41,42)13-12-37-10-8-21(38)9-11-37)17-18-4-3-5-22(27(18)44-32)28(39)35-26-23(14-20(31)15-24(26)43-2)29(40)34-25-7-6-19(30)16-33-25/h3-7,14-16,21,38H,8-13,17H2,1-2H3,(H,35,39)(H,33,34,40). The van der Waals surface area contributed by atoms with Crippen molar-refractivity contribution < 1.29 is 27.9 Å². The van der Waals surface area contributed by atoms with E-state index < -0.39 is 21.8 Å². The van der Waals surface area contributed by atoms with Crippen LogP contribution in [-0.4, -0.2) is 85.2 Å². The van der Waals surface area contributed by atoms with Gasteiger partial charge in [-0.3, -0.25) is 9.59 Å². The van der Waals surface area contributed by atoms with E-state index in [0.717, 1.165) is 11.0 Å². The molecule has 0 saturated carbocycles. The third-order valence-electron chi connectivity index (χ3n) is 7.25. The first-order valence-electron chi connectivity index (χ1n) is 13.8. The Labute approximate surface area is 280 Å². The van der Waals surface area contributed by atoms with E-state index in [4.69, 9.17) is 38.6 Å². The average molecular weight is 717 g/mol. The van der Waals surface area contributed by atoms with Crippen molar-refractivity contribution in [2.24, 2.45) is 0 Å². The number of ether oxygens (including phenoxy) is 1. The molecule has 3 aromatic rings. The second-order valence-electron chi connectivity index (χ2n) is 10.3. The largest absolute Gasteiger partial charge is 0.494 e. The summed E-state index contributed by atoms with van der Waals surface area (Å²) in [5, 5.41) is 15.7. The molecule has 1 aliphatic heterocycles. The van der Waals surface area contributed by atoms with Crippen LogP contribution < -0.4 is 15.4 Å². The molecule has 45 heavy (non-hydrogen) atoms. The number of halogens is 3. The molecule has 0 bridgehead atoms. The zero-order valence-corrected chi connectivity index (χ0v) is 28.3. The van der Waals surface area contributed by atoms with Crippen molar-refractivity contribution in [1.29, 1.82) is 0 Å². The molecule has 11 nitrogen and oxygen atoms in total. The van der Waals surface area contributed by atoms with Gasteiger partial charge < -0.3 is 25.4 Å². The summed E-state index contributed by atoms with van der Waals surface area (Å²) in [6, 6.07) is 10.8. The highest BCUT2D eigenvalue weighted by Crippen LogP contribution is 2.36. The first-order valence-corrected chi connectivity index (χ1v) is 17.8. The summed E-state index contributed by atoms with van der Waals surface area (Å²) >= 11 is 12.1. The van der Waals surface area contributed by atoms with E-state index in [1.165, 1.54) is 42.9 Å². The van der Waals surface area contributed by atoms with Crippen LogP contribution in [-0.2, 0) is 16.6 Å². The molecule has 1 saturated heterocycles. The number of aromatic nitrogens is 1. The highest BCUT2D eigenvalue weighted by Gasteiger charge is 2.26. The highest BCUT2D eigenvalue weighted by atomic mass is 35.7. The predicted octanol–water partition coefficient (Wildman–Crippen LogP) is 5.37. The maximum atomic E-state index is 13.7. The molecule has 0 aliphatic carbocycles. The van der Waals surface area contributed by atoms with Gasteiger partial charge in [0.25, 0.3) is 11.8 Å². The number of aliphatic hydroxyl groups excluding tert-OH is 1. The van der Waals surface area contributed by atoms with Crippen LogP contribution in [0, 0.1) is 0 Å². The van der Waals surface area contributed by atoms with Crippen molar-refractivity contribution in [3.63, 3.8) is 0 Å². The van der Waals surface area contributed by atoms with Crippen LogP contribution in [0.1, 0.15) is 39.1 Å². The normalized spacial score (nSPS) is 14.4. The molecule has 2 aromatic carbocycles. The highest BCUT2D eigenvalue weighted by molar-refractivity contribution is 8.21. The van der Waals surface area contributed by atoms with Gasteiger partial charge in [-0.05, 0) is 64.3 Å². The molecular formula is C29H32Cl3N5O6S2. The molecule has 1 aromatic heterocycles. The van der Waals surface area contributed by atoms with E-state index in [2.05, 4.69) is 15.6 Å². The van der Waals surface area contributed by atoms with Crippen LogP contribution in [0.2, 0.25) is 10.0 Å². The van der Waals surface area contributed by atoms with Crippen LogP contribution in [0.3, 0.4) is 0 Å². The van der Waals surface area contributed by atoms with Crippen LogP contribution in [0.5, 0.6) is 5.75 Å². The lowest BCUT2D eigenvalue weighted by molar-refractivity contribution is 0.0854. The SMILES string of the molecule is COc1cc(Cl)cc(C(=O)Nc2ccc(Cl)cn2)c1NC(=O)c1cccc(CN(C)S(=O)(=O)CCN2CCC(O)CC2)c1SCl. The number of nitrogens with one attached hydrogen (secondary N) is 2. The molecule has 1 fully saturated rings. The summed E-state index contributed by atoms with van der Waals surface area (Å²) in [7, 11) is 6.22. The summed E-state index contributed by atoms with van der Waals surface area (Å²) in [5.41, 5.74) is 0.742. The van der Waals surface area contributed by atoms with Gasteiger partial charge in [-0.15, -0.1) is 0 Å². The minimum atomic E-state index is -3.64. The lowest BCUT2D eigenvalue weighted by Crippen LogP contribution is -2.40. The number of carbonyl (C=O) groups is 2. The molecule has 3 N–H and O–H groups in total. The maximum Gasteiger partial charge on any atom is 0.259 e. The van der Waals surface area contributed by atoms with Crippen molar-refractivity contribution in [1.82, 2.24) is 14.2 Å². The van der Waals surface area contributed by atoms with E-state index in [-0.39, 0.29) is 51.8 Å². The van der Waals surface area contributed by atoms with Gasteiger partial charge in [-0.1, -0.05) is 35.3 Å². The molecule has 242 valence electrons. The number of carbonyl (C=O) groups excluding carboxylic acids is 2.